The topological polar surface area (TPSA) is 60.9 Å². The second-order valence-electron chi connectivity index (χ2n) is 3.26. The van der Waals surface area contributed by atoms with E-state index in [0.29, 0.717) is 11.3 Å². The zero-order valence-electron chi connectivity index (χ0n) is 8.13. The van der Waals surface area contributed by atoms with Gasteiger partial charge in [-0.2, -0.15) is 5.10 Å². The number of benzene rings is 1. The van der Waals surface area contributed by atoms with Crippen LogP contribution in [-0.2, 0) is 6.54 Å². The van der Waals surface area contributed by atoms with Crippen LogP contribution in [0.15, 0.2) is 42.7 Å². The summed E-state index contributed by atoms with van der Waals surface area (Å²) in [4.78, 5) is 11.7. The van der Waals surface area contributed by atoms with E-state index in [9.17, 15) is 4.79 Å². The lowest BCUT2D eigenvalue weighted by Gasteiger charge is -2.00. The van der Waals surface area contributed by atoms with Crippen LogP contribution in [0.1, 0.15) is 10.4 Å². The molecule has 2 N–H and O–H groups in total. The van der Waals surface area contributed by atoms with E-state index in [1.54, 1.807) is 18.3 Å². The van der Waals surface area contributed by atoms with Gasteiger partial charge in [0.1, 0.15) is 6.54 Å². The second kappa shape index (κ2) is 3.96. The number of carbonyl (C=O) groups is 1. The fourth-order valence-corrected chi connectivity index (χ4v) is 1.33. The van der Waals surface area contributed by atoms with Gasteiger partial charge >= 0.3 is 0 Å². The molecule has 0 aliphatic carbocycles. The van der Waals surface area contributed by atoms with Crippen LogP contribution in [0.3, 0.4) is 0 Å². The van der Waals surface area contributed by atoms with Gasteiger partial charge in [-0.15, -0.1) is 0 Å². The minimum absolute atomic E-state index is 0.0266. The van der Waals surface area contributed by atoms with Gasteiger partial charge in [0.2, 0.25) is 0 Å². The molecule has 0 spiro atoms. The summed E-state index contributed by atoms with van der Waals surface area (Å²) in [5.74, 6) is 0.0266. The Hall–Kier alpha value is -2.10. The Labute approximate surface area is 87.3 Å². The molecule has 0 aliphatic rings. The molecule has 0 aliphatic heterocycles. The van der Waals surface area contributed by atoms with Crippen molar-refractivity contribution in [3.63, 3.8) is 0 Å². The van der Waals surface area contributed by atoms with Gasteiger partial charge in [0, 0.05) is 11.8 Å². The monoisotopic (exact) mass is 201 g/mol. The predicted molar refractivity (Wildman–Crippen MR) is 57.4 cm³/mol. The molecule has 1 aromatic carbocycles. The highest BCUT2D eigenvalue weighted by atomic mass is 16.1. The molecule has 4 nitrogen and oxygen atoms in total. The maximum atomic E-state index is 11.7. The zero-order valence-corrected chi connectivity index (χ0v) is 8.13. The van der Waals surface area contributed by atoms with E-state index in [1.807, 2.05) is 18.2 Å². The molecule has 0 fully saturated rings. The number of nitrogens with two attached hydrogens (primary N) is 1. The fraction of sp³-hybridized carbons (Fsp3) is 0.0909. The summed E-state index contributed by atoms with van der Waals surface area (Å²) in [6.45, 7) is 0.223. The molecule has 0 saturated heterocycles. The molecule has 2 aromatic rings. The minimum Gasteiger partial charge on any atom is -0.396 e. The number of hydrogen-bond acceptors (Lipinski definition) is 3. The first-order valence-electron chi connectivity index (χ1n) is 4.62. The molecule has 1 aromatic heterocycles. The van der Waals surface area contributed by atoms with Crippen LogP contribution in [0, 0.1) is 0 Å². The van der Waals surface area contributed by atoms with Gasteiger partial charge < -0.3 is 5.73 Å². The Morgan fingerprint density at radius 3 is 2.67 bits per heavy atom. The highest BCUT2D eigenvalue weighted by Gasteiger charge is 2.06. The van der Waals surface area contributed by atoms with Crippen LogP contribution in [-0.4, -0.2) is 15.6 Å². The Bertz CT molecular complexity index is 462. The third-order valence-electron chi connectivity index (χ3n) is 2.05. The van der Waals surface area contributed by atoms with Crippen molar-refractivity contribution in [1.82, 2.24) is 9.78 Å². The van der Waals surface area contributed by atoms with Gasteiger partial charge in [-0.05, 0) is 0 Å². The molecule has 0 unspecified atom stereocenters. The molecule has 15 heavy (non-hydrogen) atoms. The molecule has 1 heterocycles. The Morgan fingerprint density at radius 2 is 2.07 bits per heavy atom. The highest BCUT2D eigenvalue weighted by molar-refractivity contribution is 5.95. The van der Waals surface area contributed by atoms with Crippen molar-refractivity contribution in [2.24, 2.45) is 0 Å². The van der Waals surface area contributed by atoms with Gasteiger partial charge in [0.15, 0.2) is 5.78 Å². The third kappa shape index (κ3) is 2.22. The normalized spacial score (nSPS) is 10.1. The van der Waals surface area contributed by atoms with E-state index >= 15 is 0 Å². The maximum Gasteiger partial charge on any atom is 0.184 e. The molecule has 76 valence electrons. The lowest BCUT2D eigenvalue weighted by molar-refractivity contribution is 0.0968. The quantitative estimate of drug-likeness (QED) is 0.762. The summed E-state index contributed by atoms with van der Waals surface area (Å²) >= 11 is 0. The number of nitrogens with zero attached hydrogens (tertiary/aromatic N) is 2. The smallest absolute Gasteiger partial charge is 0.184 e. The number of carbonyl (C=O) groups excluding carboxylic acids is 1. The number of ketones is 1. The summed E-state index contributed by atoms with van der Waals surface area (Å²) in [5.41, 5.74) is 6.75. The van der Waals surface area contributed by atoms with Crippen LogP contribution in [0.2, 0.25) is 0 Å². The minimum atomic E-state index is 0.0266. The Kier molecular flexibility index (Phi) is 2.49. The standard InChI is InChI=1S/C11H11N3O/c12-10-6-13-14(7-10)8-11(15)9-4-2-1-3-5-9/h1-7H,8,12H2. The predicted octanol–water partition coefficient (Wildman–Crippen LogP) is 1.35. The maximum absolute atomic E-state index is 11.7. The summed E-state index contributed by atoms with van der Waals surface area (Å²) in [6.07, 6.45) is 3.17. The van der Waals surface area contributed by atoms with Crippen LogP contribution in [0.5, 0.6) is 0 Å². The SMILES string of the molecule is Nc1cnn(CC(=O)c2ccccc2)c1. The van der Waals surface area contributed by atoms with Gasteiger partial charge in [-0.25, -0.2) is 0 Å². The van der Waals surface area contributed by atoms with Crippen molar-refractivity contribution < 1.29 is 4.79 Å². The van der Waals surface area contributed by atoms with Crippen LogP contribution < -0.4 is 5.73 Å². The second-order valence-corrected chi connectivity index (χ2v) is 3.26. The molecule has 0 atom stereocenters. The number of hydrogen-bond donors (Lipinski definition) is 1. The van der Waals surface area contributed by atoms with E-state index < -0.39 is 0 Å². The van der Waals surface area contributed by atoms with Crippen molar-refractivity contribution in [2.75, 3.05) is 5.73 Å². The summed E-state index contributed by atoms with van der Waals surface area (Å²) in [6, 6.07) is 9.13. The van der Waals surface area contributed by atoms with Gasteiger partial charge in [0.25, 0.3) is 0 Å². The first-order valence-corrected chi connectivity index (χ1v) is 4.62. The average Bonchev–Trinajstić information content (AvgIpc) is 2.65. The molecule has 0 radical (unpaired) electrons. The number of aromatic nitrogens is 2. The van der Waals surface area contributed by atoms with Crippen molar-refractivity contribution in [1.29, 1.82) is 0 Å². The van der Waals surface area contributed by atoms with Gasteiger partial charge in [-0.1, -0.05) is 30.3 Å². The van der Waals surface area contributed by atoms with Crippen molar-refractivity contribution >= 4 is 11.5 Å². The van der Waals surface area contributed by atoms with Crippen LogP contribution in [0.4, 0.5) is 5.69 Å². The molecular weight excluding hydrogens is 190 g/mol. The van der Waals surface area contributed by atoms with Gasteiger partial charge in [0.05, 0.1) is 11.9 Å². The lowest BCUT2D eigenvalue weighted by atomic mass is 10.1. The van der Waals surface area contributed by atoms with Crippen molar-refractivity contribution in [3.8, 4) is 0 Å². The molecule has 0 amide bonds. The Morgan fingerprint density at radius 1 is 1.33 bits per heavy atom. The first-order chi connectivity index (χ1) is 7.25. The van der Waals surface area contributed by atoms with E-state index in [4.69, 9.17) is 5.73 Å². The van der Waals surface area contributed by atoms with E-state index in [-0.39, 0.29) is 12.3 Å². The first kappa shape index (κ1) is 9.45. The third-order valence-corrected chi connectivity index (χ3v) is 2.05. The Balaban J connectivity index is 2.11. The van der Waals surface area contributed by atoms with Crippen molar-refractivity contribution in [3.05, 3.63) is 48.3 Å². The largest absolute Gasteiger partial charge is 0.396 e. The summed E-state index contributed by atoms with van der Waals surface area (Å²) < 4.78 is 1.53. The van der Waals surface area contributed by atoms with Gasteiger partial charge in [-0.3, -0.25) is 9.48 Å². The van der Waals surface area contributed by atoms with Crippen molar-refractivity contribution in [2.45, 2.75) is 6.54 Å². The van der Waals surface area contributed by atoms with Crippen LogP contribution in [0.25, 0.3) is 0 Å². The lowest BCUT2D eigenvalue weighted by Crippen LogP contribution is -2.10. The zero-order chi connectivity index (χ0) is 10.7. The van der Waals surface area contributed by atoms with E-state index in [1.165, 1.54) is 10.9 Å². The molecule has 0 saturated carbocycles. The molecular formula is C11H11N3O. The summed E-state index contributed by atoms with van der Waals surface area (Å²) in [5, 5.41) is 3.95. The average molecular weight is 201 g/mol. The van der Waals surface area contributed by atoms with Crippen LogP contribution >= 0.6 is 0 Å². The fourth-order valence-electron chi connectivity index (χ4n) is 1.33. The van der Waals surface area contributed by atoms with E-state index in [2.05, 4.69) is 5.10 Å². The molecule has 2 rings (SSSR count). The molecule has 4 heteroatoms. The number of rotatable bonds is 3. The number of anilines is 1. The highest BCUT2D eigenvalue weighted by Crippen LogP contribution is 2.03. The summed E-state index contributed by atoms with van der Waals surface area (Å²) in [7, 11) is 0. The number of nitrogen functional groups attached to an aromatic ring is 1. The van der Waals surface area contributed by atoms with E-state index in [0.717, 1.165) is 0 Å². The molecule has 0 bridgehead atoms. The number of Topliss-reactive ketones (excluding diaryl/α,β-unsaturated/α-hetero) is 1.